The Hall–Kier alpha value is -2.47. The molecule has 1 saturated carbocycles. The molecule has 4 rings (SSSR count). The number of benzene rings is 1. The summed E-state index contributed by atoms with van der Waals surface area (Å²) in [5.74, 6) is -0.280. The van der Waals surface area contributed by atoms with Crippen LogP contribution in [0.15, 0.2) is 41.3 Å². The van der Waals surface area contributed by atoms with E-state index in [1.165, 1.54) is 6.07 Å². The normalized spacial score (nSPS) is 30.1. The van der Waals surface area contributed by atoms with Gasteiger partial charge in [-0.05, 0) is 42.1 Å². The van der Waals surface area contributed by atoms with Crippen LogP contribution in [0.25, 0.3) is 6.08 Å². The van der Waals surface area contributed by atoms with Gasteiger partial charge in [-0.3, -0.25) is 4.79 Å². The molecule has 1 saturated heterocycles. The maximum atomic E-state index is 12.6. The number of amides is 1. The van der Waals surface area contributed by atoms with Gasteiger partial charge < -0.3 is 40.0 Å². The van der Waals surface area contributed by atoms with Gasteiger partial charge in [-0.15, -0.1) is 11.3 Å². The second-order valence-electron chi connectivity index (χ2n) is 7.77. The van der Waals surface area contributed by atoms with Gasteiger partial charge in [0.2, 0.25) is 5.91 Å². The molecular weight excluding hydrogens is 438 g/mol. The van der Waals surface area contributed by atoms with Crippen molar-refractivity contribution < 1.29 is 39.4 Å². The number of carbonyl (C=O) groups is 1. The summed E-state index contributed by atoms with van der Waals surface area (Å²) in [6.45, 7) is 1.80. The van der Waals surface area contributed by atoms with Crippen molar-refractivity contribution >= 4 is 23.3 Å². The number of hydrogen-bond donors (Lipinski definition) is 5. The van der Waals surface area contributed by atoms with Crippen LogP contribution in [0, 0.1) is 0 Å². The summed E-state index contributed by atoms with van der Waals surface area (Å²) in [5, 5.41) is 45.8. The lowest BCUT2D eigenvalue weighted by atomic mass is 9.83. The number of thiophene rings is 1. The Kier molecular flexibility index (Phi) is 6.79. The van der Waals surface area contributed by atoms with Gasteiger partial charge in [0.1, 0.15) is 43.9 Å². The molecule has 0 unspecified atom stereocenters. The second kappa shape index (κ2) is 9.57. The number of phenolic OH excluding ortho intramolecular Hbond substituents is 1. The molecule has 1 aromatic carbocycles. The number of fused-ring (bicyclic) bond motifs is 1. The summed E-state index contributed by atoms with van der Waals surface area (Å²) < 4.78 is 16.1. The number of carbonyl (C=O) groups excluding carboxylic acids is 1. The van der Waals surface area contributed by atoms with Crippen molar-refractivity contribution in [3.8, 4) is 11.5 Å². The number of nitrogens with one attached hydrogen (secondary N) is 1. The van der Waals surface area contributed by atoms with E-state index in [0.717, 1.165) is 4.88 Å². The molecule has 9 nitrogen and oxygen atoms in total. The van der Waals surface area contributed by atoms with Crippen molar-refractivity contribution in [2.24, 2.45) is 0 Å². The Morgan fingerprint density at radius 2 is 1.94 bits per heavy atom. The SMILES string of the molecule is C/C(=C\c1ccc(OCc2cccs2)c(O)c1)C(=O)N[C@@H]1[C@H](O)[C@@H](O)[C@H]2OCO[C@H]2[C@@H]1O. The fourth-order valence-electron chi connectivity index (χ4n) is 3.83. The average molecular weight is 464 g/mol. The minimum Gasteiger partial charge on any atom is -0.504 e. The molecule has 0 bridgehead atoms. The molecule has 1 aliphatic carbocycles. The van der Waals surface area contributed by atoms with Gasteiger partial charge in [0.15, 0.2) is 11.5 Å². The molecular formula is C22H25NO8S. The smallest absolute Gasteiger partial charge is 0.247 e. The number of aliphatic hydroxyl groups is 3. The lowest BCUT2D eigenvalue weighted by Gasteiger charge is -2.41. The zero-order chi connectivity index (χ0) is 22.8. The maximum Gasteiger partial charge on any atom is 0.247 e. The van der Waals surface area contributed by atoms with Crippen LogP contribution < -0.4 is 10.1 Å². The molecule has 10 heteroatoms. The molecule has 0 radical (unpaired) electrons. The van der Waals surface area contributed by atoms with Crippen LogP contribution in [-0.2, 0) is 20.9 Å². The predicted molar refractivity (Wildman–Crippen MR) is 115 cm³/mol. The Morgan fingerprint density at radius 3 is 2.62 bits per heavy atom. The standard InChI is InChI=1S/C22H25NO8S/c1-11(7-12-4-5-15(14(24)8-12)29-9-13-3-2-6-32-13)22(28)23-16-17(25)19(27)21-20(18(16)26)30-10-31-21/h2-8,16-21,24-27H,9-10H2,1H3,(H,23,28)/b11-7+/t16-,17+,18-,19-,20+,21-/m1/s1. The van der Waals surface area contributed by atoms with Crippen molar-refractivity contribution in [1.29, 1.82) is 0 Å². The fourth-order valence-corrected chi connectivity index (χ4v) is 4.44. The summed E-state index contributed by atoms with van der Waals surface area (Å²) in [4.78, 5) is 13.7. The first kappa shape index (κ1) is 22.7. The third-order valence-corrected chi connectivity index (χ3v) is 6.43. The van der Waals surface area contributed by atoms with Crippen molar-refractivity contribution in [2.75, 3.05) is 6.79 Å². The number of ether oxygens (including phenoxy) is 3. The van der Waals surface area contributed by atoms with Crippen LogP contribution in [-0.4, -0.2) is 69.7 Å². The molecule has 6 atom stereocenters. The third-order valence-electron chi connectivity index (χ3n) is 5.58. The number of hydrogen-bond acceptors (Lipinski definition) is 9. The van der Waals surface area contributed by atoms with E-state index in [4.69, 9.17) is 14.2 Å². The first-order valence-electron chi connectivity index (χ1n) is 10.1. The summed E-state index contributed by atoms with van der Waals surface area (Å²) in [6, 6.07) is 7.51. The summed E-state index contributed by atoms with van der Waals surface area (Å²) >= 11 is 1.56. The van der Waals surface area contributed by atoms with E-state index in [2.05, 4.69) is 5.32 Å². The van der Waals surface area contributed by atoms with Gasteiger partial charge in [0.05, 0.1) is 6.04 Å². The highest BCUT2D eigenvalue weighted by Crippen LogP contribution is 2.31. The minimum atomic E-state index is -1.42. The van der Waals surface area contributed by atoms with E-state index >= 15 is 0 Å². The van der Waals surface area contributed by atoms with Gasteiger partial charge in [-0.2, -0.15) is 0 Å². The fraction of sp³-hybridized carbons (Fsp3) is 0.409. The summed E-state index contributed by atoms with van der Waals surface area (Å²) in [7, 11) is 0. The van der Waals surface area contributed by atoms with Crippen molar-refractivity contribution in [3.63, 3.8) is 0 Å². The van der Waals surface area contributed by atoms with Crippen molar-refractivity contribution in [3.05, 3.63) is 51.7 Å². The van der Waals surface area contributed by atoms with E-state index in [1.54, 1.807) is 36.5 Å². The first-order valence-corrected chi connectivity index (χ1v) is 11.0. The summed E-state index contributed by atoms with van der Waals surface area (Å²) in [5.41, 5.74) is 0.840. The highest BCUT2D eigenvalue weighted by atomic mass is 32.1. The van der Waals surface area contributed by atoms with Crippen LogP contribution in [0.2, 0.25) is 0 Å². The molecule has 2 heterocycles. The quantitative estimate of drug-likeness (QED) is 0.396. The lowest BCUT2D eigenvalue weighted by molar-refractivity contribution is -0.155. The molecule has 0 spiro atoms. The minimum absolute atomic E-state index is 0.0609. The molecule has 2 fully saturated rings. The van der Waals surface area contributed by atoms with Crippen LogP contribution in [0.3, 0.4) is 0 Å². The molecule has 172 valence electrons. The van der Waals surface area contributed by atoms with Gasteiger partial charge in [0.25, 0.3) is 0 Å². The number of rotatable bonds is 6. The van der Waals surface area contributed by atoms with E-state index in [-0.39, 0.29) is 18.1 Å². The largest absolute Gasteiger partial charge is 0.504 e. The average Bonchev–Trinajstić information content (AvgIpc) is 3.46. The predicted octanol–water partition coefficient (Wildman–Crippen LogP) is 0.759. The van der Waals surface area contributed by atoms with Gasteiger partial charge in [-0.1, -0.05) is 12.1 Å². The monoisotopic (exact) mass is 463 g/mol. The molecule has 1 aliphatic heterocycles. The Labute approximate surface area is 188 Å². The zero-order valence-electron chi connectivity index (χ0n) is 17.2. The molecule has 2 aliphatic rings. The van der Waals surface area contributed by atoms with E-state index in [1.807, 2.05) is 17.5 Å². The van der Waals surface area contributed by atoms with E-state index < -0.39 is 42.5 Å². The van der Waals surface area contributed by atoms with E-state index in [9.17, 15) is 25.2 Å². The molecule has 5 N–H and O–H groups in total. The Bertz CT molecular complexity index is 978. The summed E-state index contributed by atoms with van der Waals surface area (Å²) in [6.07, 6.45) is -4.13. The molecule has 2 aromatic rings. The lowest BCUT2D eigenvalue weighted by Crippen LogP contribution is -2.67. The number of phenols is 1. The number of aliphatic hydroxyl groups excluding tert-OH is 3. The second-order valence-corrected chi connectivity index (χ2v) is 8.81. The van der Waals surface area contributed by atoms with Crippen LogP contribution >= 0.6 is 11.3 Å². The van der Waals surface area contributed by atoms with Crippen LogP contribution in [0.4, 0.5) is 0 Å². The zero-order valence-corrected chi connectivity index (χ0v) is 18.1. The van der Waals surface area contributed by atoms with Crippen molar-refractivity contribution in [1.82, 2.24) is 5.32 Å². The van der Waals surface area contributed by atoms with Crippen LogP contribution in [0.5, 0.6) is 11.5 Å². The van der Waals surface area contributed by atoms with Gasteiger partial charge >= 0.3 is 0 Å². The van der Waals surface area contributed by atoms with E-state index in [0.29, 0.717) is 17.9 Å². The topological polar surface area (TPSA) is 138 Å². The van der Waals surface area contributed by atoms with Gasteiger partial charge in [0, 0.05) is 10.5 Å². The van der Waals surface area contributed by atoms with Gasteiger partial charge in [-0.25, -0.2) is 0 Å². The maximum absolute atomic E-state index is 12.6. The molecule has 1 aromatic heterocycles. The highest BCUT2D eigenvalue weighted by molar-refractivity contribution is 7.09. The Balaban J connectivity index is 1.41. The number of aromatic hydroxyl groups is 1. The molecule has 1 amide bonds. The third kappa shape index (κ3) is 4.65. The first-order chi connectivity index (χ1) is 15.3. The van der Waals surface area contributed by atoms with Crippen LogP contribution in [0.1, 0.15) is 17.4 Å². The highest BCUT2D eigenvalue weighted by Gasteiger charge is 2.53. The van der Waals surface area contributed by atoms with Crippen molar-refractivity contribution in [2.45, 2.75) is 50.1 Å². The molecule has 32 heavy (non-hydrogen) atoms. The Morgan fingerprint density at radius 1 is 1.19 bits per heavy atom.